The molecule has 0 aliphatic carbocycles. The molecule has 1 aromatic heterocycles. The van der Waals surface area contributed by atoms with E-state index in [0.29, 0.717) is 0 Å². The highest BCUT2D eigenvalue weighted by Gasteiger charge is 2.15. The number of hydrogen-bond donors (Lipinski definition) is 0. The molecule has 1 heteroatoms. The van der Waals surface area contributed by atoms with E-state index in [0.717, 1.165) is 0 Å². The van der Waals surface area contributed by atoms with Gasteiger partial charge >= 0.3 is 0 Å². The van der Waals surface area contributed by atoms with Gasteiger partial charge in [-0.05, 0) is 17.2 Å². The summed E-state index contributed by atoms with van der Waals surface area (Å²) in [5, 5.41) is 1.30. The van der Waals surface area contributed by atoms with Crippen LogP contribution in [-0.4, -0.2) is 4.57 Å². The van der Waals surface area contributed by atoms with E-state index in [1.807, 2.05) is 12.1 Å². The minimum Gasteiger partial charge on any atom is -0.350 e. The van der Waals surface area contributed by atoms with Crippen molar-refractivity contribution in [1.29, 1.82) is 0 Å². The quantitative estimate of drug-likeness (QED) is 0.601. The first kappa shape index (κ1) is 11.8. The Bertz CT molecular complexity index is 707. The van der Waals surface area contributed by atoms with Crippen LogP contribution in [0.2, 0.25) is 0 Å². The maximum atomic E-state index is 4.02. The lowest BCUT2D eigenvalue weighted by molar-refractivity contribution is 0.941. The SMILES string of the molecule is C=C[C@@H](c1ccccc1)c1cn(C)c2ccccc12. The maximum Gasteiger partial charge on any atom is 0.0480 e. The summed E-state index contributed by atoms with van der Waals surface area (Å²) in [6, 6.07) is 19.0. The zero-order valence-corrected chi connectivity index (χ0v) is 11.1. The molecule has 0 saturated heterocycles. The van der Waals surface area contributed by atoms with Crippen LogP contribution in [0.15, 0.2) is 73.4 Å². The Morgan fingerprint density at radius 1 is 1.00 bits per heavy atom. The minimum atomic E-state index is 0.243. The van der Waals surface area contributed by atoms with Gasteiger partial charge in [-0.2, -0.15) is 0 Å². The summed E-state index contributed by atoms with van der Waals surface area (Å²) >= 11 is 0. The van der Waals surface area contributed by atoms with Crippen molar-refractivity contribution in [2.75, 3.05) is 0 Å². The molecule has 3 aromatic rings. The van der Waals surface area contributed by atoms with Crippen LogP contribution in [0.5, 0.6) is 0 Å². The van der Waals surface area contributed by atoms with Gasteiger partial charge in [0.15, 0.2) is 0 Å². The standard InChI is InChI=1S/C18H17N/c1-3-15(14-9-5-4-6-10-14)17-13-19(2)18-12-8-7-11-16(17)18/h3-13,15H,1H2,2H3/t15-/m0/s1. The maximum absolute atomic E-state index is 4.02. The molecule has 19 heavy (non-hydrogen) atoms. The van der Waals surface area contributed by atoms with Crippen molar-refractivity contribution in [3.05, 3.63) is 84.6 Å². The van der Waals surface area contributed by atoms with Gasteiger partial charge in [-0.3, -0.25) is 0 Å². The molecule has 1 heterocycles. The molecule has 0 aliphatic rings. The van der Waals surface area contributed by atoms with E-state index >= 15 is 0 Å². The van der Waals surface area contributed by atoms with Crippen molar-refractivity contribution < 1.29 is 0 Å². The number of benzene rings is 2. The molecule has 2 aromatic carbocycles. The number of fused-ring (bicyclic) bond motifs is 1. The summed E-state index contributed by atoms with van der Waals surface area (Å²) in [5.41, 5.74) is 3.87. The highest BCUT2D eigenvalue weighted by atomic mass is 14.9. The Morgan fingerprint density at radius 3 is 2.42 bits per heavy atom. The lowest BCUT2D eigenvalue weighted by atomic mass is 9.91. The summed E-state index contributed by atoms with van der Waals surface area (Å²) in [6.45, 7) is 4.02. The van der Waals surface area contributed by atoms with Gasteiger partial charge in [-0.1, -0.05) is 54.6 Å². The van der Waals surface area contributed by atoms with E-state index in [2.05, 4.69) is 72.9 Å². The highest BCUT2D eigenvalue weighted by Crippen LogP contribution is 2.32. The van der Waals surface area contributed by atoms with Crippen LogP contribution in [0, 0.1) is 0 Å². The molecule has 0 spiro atoms. The average Bonchev–Trinajstić information content (AvgIpc) is 2.79. The fourth-order valence-electron chi connectivity index (χ4n) is 2.72. The van der Waals surface area contributed by atoms with Crippen LogP contribution in [-0.2, 0) is 7.05 Å². The van der Waals surface area contributed by atoms with Gasteiger partial charge in [0.05, 0.1) is 0 Å². The van der Waals surface area contributed by atoms with E-state index in [4.69, 9.17) is 0 Å². The first-order chi connectivity index (χ1) is 9.31. The fourth-order valence-corrected chi connectivity index (χ4v) is 2.72. The molecule has 0 aliphatic heterocycles. The average molecular weight is 247 g/mol. The molecule has 0 amide bonds. The monoisotopic (exact) mass is 247 g/mol. The molecule has 0 unspecified atom stereocenters. The van der Waals surface area contributed by atoms with Gasteiger partial charge in [0.1, 0.15) is 0 Å². The first-order valence-electron chi connectivity index (χ1n) is 6.52. The van der Waals surface area contributed by atoms with Crippen LogP contribution in [0.1, 0.15) is 17.0 Å². The molecule has 0 saturated carbocycles. The molecule has 0 radical (unpaired) electrons. The Hall–Kier alpha value is -2.28. The van der Waals surface area contributed by atoms with E-state index in [1.54, 1.807) is 0 Å². The summed E-state index contributed by atoms with van der Waals surface area (Å²) in [7, 11) is 2.09. The summed E-state index contributed by atoms with van der Waals surface area (Å²) in [6.07, 6.45) is 4.24. The Kier molecular flexibility index (Phi) is 2.96. The number of aromatic nitrogens is 1. The molecule has 3 rings (SSSR count). The number of rotatable bonds is 3. The molecule has 1 atom stereocenters. The van der Waals surface area contributed by atoms with Crippen molar-refractivity contribution in [1.82, 2.24) is 4.57 Å². The second-order valence-electron chi connectivity index (χ2n) is 4.84. The normalized spacial score (nSPS) is 12.5. The summed E-state index contributed by atoms with van der Waals surface area (Å²) in [4.78, 5) is 0. The molecule has 0 bridgehead atoms. The molecule has 1 nitrogen and oxygen atoms in total. The van der Waals surface area contributed by atoms with Crippen molar-refractivity contribution in [2.45, 2.75) is 5.92 Å². The van der Waals surface area contributed by atoms with Gasteiger partial charge in [0.2, 0.25) is 0 Å². The van der Waals surface area contributed by atoms with Crippen molar-refractivity contribution >= 4 is 10.9 Å². The molecule has 94 valence electrons. The fraction of sp³-hybridized carbons (Fsp3) is 0.111. The number of nitrogens with zero attached hydrogens (tertiary/aromatic N) is 1. The van der Waals surface area contributed by atoms with Crippen molar-refractivity contribution in [3.63, 3.8) is 0 Å². The molecule has 0 N–H and O–H groups in total. The van der Waals surface area contributed by atoms with Crippen LogP contribution >= 0.6 is 0 Å². The van der Waals surface area contributed by atoms with Gasteiger partial charge in [0.25, 0.3) is 0 Å². The lowest BCUT2D eigenvalue weighted by Crippen LogP contribution is -1.96. The lowest BCUT2D eigenvalue weighted by Gasteiger charge is -2.12. The number of hydrogen-bond acceptors (Lipinski definition) is 0. The van der Waals surface area contributed by atoms with E-state index in [9.17, 15) is 0 Å². The van der Waals surface area contributed by atoms with Gasteiger partial charge in [-0.15, -0.1) is 6.58 Å². The summed E-state index contributed by atoms with van der Waals surface area (Å²) in [5.74, 6) is 0.243. The third-order valence-electron chi connectivity index (χ3n) is 3.66. The highest BCUT2D eigenvalue weighted by molar-refractivity contribution is 5.85. The second-order valence-corrected chi connectivity index (χ2v) is 4.84. The van der Waals surface area contributed by atoms with Gasteiger partial charge in [-0.25, -0.2) is 0 Å². The topological polar surface area (TPSA) is 4.93 Å². The zero-order chi connectivity index (χ0) is 13.2. The Labute approximate surface area is 113 Å². The summed E-state index contributed by atoms with van der Waals surface area (Å²) < 4.78 is 2.18. The van der Waals surface area contributed by atoms with Gasteiger partial charge in [0, 0.05) is 30.1 Å². The van der Waals surface area contributed by atoms with Crippen molar-refractivity contribution in [2.24, 2.45) is 7.05 Å². The zero-order valence-electron chi connectivity index (χ0n) is 11.1. The van der Waals surface area contributed by atoms with E-state index in [1.165, 1.54) is 22.0 Å². The molecule has 0 fully saturated rings. The van der Waals surface area contributed by atoms with E-state index < -0.39 is 0 Å². The minimum absolute atomic E-state index is 0.243. The predicted octanol–water partition coefficient (Wildman–Crippen LogP) is 4.50. The van der Waals surface area contributed by atoms with Crippen LogP contribution in [0.4, 0.5) is 0 Å². The predicted molar refractivity (Wildman–Crippen MR) is 81.4 cm³/mol. The Balaban J connectivity index is 2.20. The van der Waals surface area contributed by atoms with Crippen LogP contribution < -0.4 is 0 Å². The largest absolute Gasteiger partial charge is 0.350 e. The number of aryl methyl sites for hydroxylation is 1. The molecular weight excluding hydrogens is 230 g/mol. The molecular formula is C18H17N. The van der Waals surface area contributed by atoms with Crippen molar-refractivity contribution in [3.8, 4) is 0 Å². The second kappa shape index (κ2) is 4.77. The number of allylic oxidation sites excluding steroid dienone is 1. The smallest absolute Gasteiger partial charge is 0.0480 e. The van der Waals surface area contributed by atoms with Gasteiger partial charge < -0.3 is 4.57 Å². The number of para-hydroxylation sites is 1. The third kappa shape index (κ3) is 1.97. The van der Waals surface area contributed by atoms with Crippen LogP contribution in [0.3, 0.4) is 0 Å². The van der Waals surface area contributed by atoms with E-state index in [-0.39, 0.29) is 5.92 Å². The third-order valence-corrected chi connectivity index (χ3v) is 3.66. The Morgan fingerprint density at radius 2 is 1.68 bits per heavy atom. The van der Waals surface area contributed by atoms with Crippen LogP contribution in [0.25, 0.3) is 10.9 Å². The first-order valence-corrected chi connectivity index (χ1v) is 6.52.